The summed E-state index contributed by atoms with van der Waals surface area (Å²) in [5.74, 6) is 0.810. The Morgan fingerprint density at radius 2 is 2.30 bits per heavy atom. The summed E-state index contributed by atoms with van der Waals surface area (Å²) in [6, 6.07) is 0. The van der Waals surface area contributed by atoms with E-state index >= 15 is 0 Å². The van der Waals surface area contributed by atoms with Crippen LogP contribution in [0.15, 0.2) is 6.33 Å². The third-order valence-electron chi connectivity index (χ3n) is 3.04. The molecule has 9 nitrogen and oxygen atoms in total. The molecule has 2 aromatic rings. The maximum Gasteiger partial charge on any atom is 0.224 e. The van der Waals surface area contributed by atoms with E-state index < -0.39 is 6.29 Å². The van der Waals surface area contributed by atoms with Gasteiger partial charge in [-0.25, -0.2) is 4.98 Å². The molecule has 0 amide bonds. The van der Waals surface area contributed by atoms with Crippen LogP contribution in [-0.4, -0.2) is 58.2 Å². The van der Waals surface area contributed by atoms with Crippen LogP contribution in [-0.2, 0) is 9.47 Å². The van der Waals surface area contributed by atoms with E-state index in [0.29, 0.717) is 23.6 Å². The van der Waals surface area contributed by atoms with Gasteiger partial charge in [0.1, 0.15) is 0 Å². The highest BCUT2D eigenvalue weighted by atomic mass is 16.7. The van der Waals surface area contributed by atoms with Crippen molar-refractivity contribution in [3.63, 3.8) is 0 Å². The fourth-order valence-corrected chi connectivity index (χ4v) is 2.13. The molecular weight excluding hydrogens is 264 g/mol. The highest BCUT2D eigenvalue weighted by Crippen LogP contribution is 2.27. The van der Waals surface area contributed by atoms with Crippen LogP contribution in [0.3, 0.4) is 0 Å². The zero-order valence-electron chi connectivity index (χ0n) is 11.2. The molecule has 3 heterocycles. The highest BCUT2D eigenvalue weighted by molar-refractivity contribution is 5.84. The molecule has 0 bridgehead atoms. The van der Waals surface area contributed by atoms with Crippen molar-refractivity contribution in [1.29, 1.82) is 0 Å². The Kier molecular flexibility index (Phi) is 3.16. The van der Waals surface area contributed by atoms with Crippen molar-refractivity contribution in [1.82, 2.24) is 19.5 Å². The van der Waals surface area contributed by atoms with Crippen LogP contribution >= 0.6 is 0 Å². The first kappa shape index (κ1) is 13.0. The van der Waals surface area contributed by atoms with Crippen LogP contribution in [0.25, 0.3) is 11.2 Å². The molecule has 20 heavy (non-hydrogen) atoms. The first-order valence-electron chi connectivity index (χ1n) is 6.15. The van der Waals surface area contributed by atoms with Gasteiger partial charge in [0.2, 0.25) is 5.95 Å². The molecule has 0 spiro atoms. The zero-order chi connectivity index (χ0) is 14.3. The van der Waals surface area contributed by atoms with Gasteiger partial charge in [0, 0.05) is 14.1 Å². The highest BCUT2D eigenvalue weighted by Gasteiger charge is 2.29. The van der Waals surface area contributed by atoms with Crippen LogP contribution in [0, 0.1) is 0 Å². The summed E-state index contributed by atoms with van der Waals surface area (Å²) in [6.45, 7) is 0.126. The van der Waals surface area contributed by atoms with Gasteiger partial charge in [-0.15, -0.1) is 0 Å². The molecule has 2 aromatic heterocycles. The summed E-state index contributed by atoms with van der Waals surface area (Å²) >= 11 is 0. The second kappa shape index (κ2) is 4.85. The van der Waals surface area contributed by atoms with Crippen LogP contribution < -0.4 is 10.6 Å². The van der Waals surface area contributed by atoms with Gasteiger partial charge < -0.3 is 25.2 Å². The summed E-state index contributed by atoms with van der Waals surface area (Å²) in [5.41, 5.74) is 6.96. The molecule has 0 unspecified atom stereocenters. The molecule has 3 N–H and O–H groups in total. The van der Waals surface area contributed by atoms with Gasteiger partial charge in [0.15, 0.2) is 29.5 Å². The summed E-state index contributed by atoms with van der Waals surface area (Å²) in [5, 5.41) is 9.03. The van der Waals surface area contributed by atoms with Gasteiger partial charge in [0.25, 0.3) is 0 Å². The summed E-state index contributed by atoms with van der Waals surface area (Å²) in [6.07, 6.45) is 0.603. The number of nitrogens with zero attached hydrogens (tertiary/aromatic N) is 5. The Balaban J connectivity index is 2.05. The van der Waals surface area contributed by atoms with Crippen molar-refractivity contribution in [3.05, 3.63) is 6.33 Å². The molecule has 1 aliphatic heterocycles. The molecule has 0 aliphatic carbocycles. The number of ether oxygens (including phenoxy) is 2. The molecular formula is C11H16N6O3. The number of fused-ring (bicyclic) bond motifs is 1. The topological polar surface area (TPSA) is 112 Å². The first-order valence-corrected chi connectivity index (χ1v) is 6.15. The predicted octanol–water partition coefficient (Wildman–Crippen LogP) is -0.662. The lowest BCUT2D eigenvalue weighted by Gasteiger charge is -2.14. The Labute approximate surface area is 114 Å². The van der Waals surface area contributed by atoms with E-state index in [0.717, 1.165) is 0 Å². The Bertz CT molecular complexity index is 628. The quantitative estimate of drug-likeness (QED) is 0.762. The molecule has 0 aromatic carbocycles. The van der Waals surface area contributed by atoms with E-state index in [-0.39, 0.29) is 18.8 Å². The fourth-order valence-electron chi connectivity index (χ4n) is 2.13. The van der Waals surface area contributed by atoms with Crippen molar-refractivity contribution in [3.8, 4) is 0 Å². The van der Waals surface area contributed by atoms with Crippen molar-refractivity contribution in [2.45, 2.75) is 12.5 Å². The first-order chi connectivity index (χ1) is 9.60. The summed E-state index contributed by atoms with van der Waals surface area (Å²) < 4.78 is 12.6. The monoisotopic (exact) mass is 280 g/mol. The molecule has 2 atom stereocenters. The molecule has 108 valence electrons. The molecule has 0 radical (unpaired) electrons. The average molecular weight is 280 g/mol. The Morgan fingerprint density at radius 3 is 2.95 bits per heavy atom. The van der Waals surface area contributed by atoms with Gasteiger partial charge in [0.05, 0.1) is 19.5 Å². The number of imidazole rings is 1. The average Bonchev–Trinajstić information content (AvgIpc) is 3.02. The van der Waals surface area contributed by atoms with Crippen LogP contribution in [0.4, 0.5) is 11.8 Å². The second-order valence-electron chi connectivity index (χ2n) is 4.66. The molecule has 1 saturated heterocycles. The van der Waals surface area contributed by atoms with E-state index in [1.807, 2.05) is 19.0 Å². The SMILES string of the molecule is CN(C)c1nc(N)nc2c1ncn2[C@H]1CO[C@@H](CO)O1. The largest absolute Gasteiger partial charge is 0.391 e. The standard InChI is InChI=1S/C11H16N6O3/c1-16(2)9-8-10(15-11(12)14-9)17(5-13-8)6-4-19-7(3-18)20-6/h5-7,18H,3-4H2,1-2H3,(H2,12,14,15)/t6-,7-/m1/s1. The lowest BCUT2D eigenvalue weighted by Crippen LogP contribution is -2.16. The van der Waals surface area contributed by atoms with E-state index in [1.54, 1.807) is 10.9 Å². The molecule has 1 aliphatic rings. The van der Waals surface area contributed by atoms with Crippen LogP contribution in [0.2, 0.25) is 0 Å². The second-order valence-corrected chi connectivity index (χ2v) is 4.66. The van der Waals surface area contributed by atoms with Crippen molar-refractivity contribution < 1.29 is 14.6 Å². The van der Waals surface area contributed by atoms with E-state index in [2.05, 4.69) is 15.0 Å². The molecule has 3 rings (SSSR count). The van der Waals surface area contributed by atoms with Crippen molar-refractivity contribution >= 4 is 22.9 Å². The fraction of sp³-hybridized carbons (Fsp3) is 0.545. The van der Waals surface area contributed by atoms with E-state index in [4.69, 9.17) is 20.3 Å². The number of nitrogens with two attached hydrogens (primary N) is 1. The molecule has 9 heteroatoms. The number of hydrogen-bond donors (Lipinski definition) is 2. The number of rotatable bonds is 3. The van der Waals surface area contributed by atoms with Crippen LogP contribution in [0.1, 0.15) is 6.23 Å². The lowest BCUT2D eigenvalue weighted by atomic mass is 10.4. The van der Waals surface area contributed by atoms with Crippen molar-refractivity contribution in [2.24, 2.45) is 0 Å². The van der Waals surface area contributed by atoms with Gasteiger partial charge in [-0.05, 0) is 0 Å². The normalized spacial score (nSPS) is 22.6. The Morgan fingerprint density at radius 1 is 1.50 bits per heavy atom. The number of anilines is 2. The number of aliphatic hydroxyl groups is 1. The zero-order valence-corrected chi connectivity index (χ0v) is 11.2. The molecule has 0 saturated carbocycles. The smallest absolute Gasteiger partial charge is 0.224 e. The van der Waals surface area contributed by atoms with Gasteiger partial charge >= 0.3 is 0 Å². The minimum absolute atomic E-state index is 0.167. The van der Waals surface area contributed by atoms with Gasteiger partial charge in [-0.1, -0.05) is 0 Å². The van der Waals surface area contributed by atoms with E-state index in [9.17, 15) is 0 Å². The maximum absolute atomic E-state index is 9.03. The maximum atomic E-state index is 9.03. The van der Waals surface area contributed by atoms with Crippen LogP contribution in [0.5, 0.6) is 0 Å². The summed E-state index contributed by atoms with van der Waals surface area (Å²) in [7, 11) is 3.72. The summed E-state index contributed by atoms with van der Waals surface area (Å²) in [4.78, 5) is 14.5. The number of hydrogen-bond acceptors (Lipinski definition) is 8. The molecule has 1 fully saturated rings. The predicted molar refractivity (Wildman–Crippen MR) is 71.0 cm³/mol. The van der Waals surface area contributed by atoms with Gasteiger partial charge in [-0.2, -0.15) is 9.97 Å². The lowest BCUT2D eigenvalue weighted by molar-refractivity contribution is -0.0980. The van der Waals surface area contributed by atoms with E-state index in [1.165, 1.54) is 0 Å². The minimum Gasteiger partial charge on any atom is -0.391 e. The Hall–Kier alpha value is -1.97. The number of nitrogen functional groups attached to an aromatic ring is 1. The third kappa shape index (κ3) is 2.05. The number of aromatic nitrogens is 4. The third-order valence-corrected chi connectivity index (χ3v) is 3.04. The van der Waals surface area contributed by atoms with Crippen molar-refractivity contribution in [2.75, 3.05) is 37.9 Å². The number of aliphatic hydroxyl groups excluding tert-OH is 1. The van der Waals surface area contributed by atoms with Gasteiger partial charge in [-0.3, -0.25) is 4.57 Å². The minimum atomic E-state index is -0.620.